The van der Waals surface area contributed by atoms with Crippen LogP contribution >= 0.6 is 0 Å². The van der Waals surface area contributed by atoms with Crippen molar-refractivity contribution in [3.63, 3.8) is 0 Å². The average Bonchev–Trinajstić information content (AvgIpc) is 2.55. The maximum Gasteiger partial charge on any atom is -0.0248 e. The summed E-state index contributed by atoms with van der Waals surface area (Å²) in [5.74, 6) is 2.92. The van der Waals surface area contributed by atoms with E-state index in [2.05, 4.69) is 32.0 Å². The Morgan fingerprint density at radius 3 is 2.24 bits per heavy atom. The molecule has 0 nitrogen and oxygen atoms in total. The molecule has 0 heteroatoms. The van der Waals surface area contributed by atoms with Crippen molar-refractivity contribution >= 4 is 0 Å². The molecule has 0 heterocycles. The van der Waals surface area contributed by atoms with E-state index in [1.807, 2.05) is 0 Å². The highest BCUT2D eigenvalue weighted by molar-refractivity contribution is 5.34. The van der Waals surface area contributed by atoms with Crippen molar-refractivity contribution in [2.75, 3.05) is 0 Å². The van der Waals surface area contributed by atoms with Gasteiger partial charge >= 0.3 is 0 Å². The molecule has 0 amide bonds. The van der Waals surface area contributed by atoms with Crippen LogP contribution in [-0.4, -0.2) is 0 Å². The van der Waals surface area contributed by atoms with E-state index in [-0.39, 0.29) is 0 Å². The molecule has 1 fully saturated rings. The fraction of sp³-hybridized carbons (Fsp3) is 0.714. The van der Waals surface area contributed by atoms with Crippen molar-refractivity contribution in [2.45, 2.75) is 78.1 Å². The molecule has 1 unspecified atom stereocenters. The maximum absolute atomic E-state index is 2.55. The Hall–Kier alpha value is -0.780. The Balaban J connectivity index is 1.60. The molecule has 1 atom stereocenters. The van der Waals surface area contributed by atoms with Crippen LogP contribution in [0.4, 0.5) is 0 Å². The van der Waals surface area contributed by atoms with Crippen LogP contribution in [0.3, 0.4) is 0 Å². The second-order valence-corrected chi connectivity index (χ2v) is 7.62. The number of fused-ring (bicyclic) bond motifs is 1. The topological polar surface area (TPSA) is 0 Å². The summed E-state index contributed by atoms with van der Waals surface area (Å²) in [5.41, 5.74) is 4.93. The van der Waals surface area contributed by atoms with Crippen molar-refractivity contribution < 1.29 is 0 Å². The standard InChI is InChI=1S/C21H32/c1-3-16-5-7-18(8-6-16)13-19-10-12-20-14-17(4-2)9-11-21(20)15-19/h10,12,15-18H,3-9,11,13-14H2,1-2H3. The molecule has 21 heavy (non-hydrogen) atoms. The smallest absolute Gasteiger partial charge is 0.0248 e. The van der Waals surface area contributed by atoms with E-state index < -0.39 is 0 Å². The van der Waals surface area contributed by atoms with E-state index in [1.165, 1.54) is 64.2 Å². The summed E-state index contributed by atoms with van der Waals surface area (Å²) in [6, 6.07) is 7.43. The quantitative estimate of drug-likeness (QED) is 0.640. The van der Waals surface area contributed by atoms with E-state index in [4.69, 9.17) is 0 Å². The normalized spacial score (nSPS) is 29.1. The molecule has 0 saturated heterocycles. The van der Waals surface area contributed by atoms with Gasteiger partial charge in [-0.1, -0.05) is 57.7 Å². The average molecular weight is 284 g/mol. The van der Waals surface area contributed by atoms with Crippen LogP contribution in [-0.2, 0) is 19.3 Å². The van der Waals surface area contributed by atoms with E-state index >= 15 is 0 Å². The monoisotopic (exact) mass is 284 g/mol. The Morgan fingerprint density at radius 1 is 0.810 bits per heavy atom. The predicted octanol–water partition coefficient (Wildman–Crippen LogP) is 5.96. The first-order valence-electron chi connectivity index (χ1n) is 9.39. The van der Waals surface area contributed by atoms with Crippen molar-refractivity contribution in [1.29, 1.82) is 0 Å². The zero-order chi connectivity index (χ0) is 14.7. The molecule has 0 aliphatic heterocycles. The molecule has 116 valence electrons. The molecule has 2 aliphatic carbocycles. The molecular weight excluding hydrogens is 252 g/mol. The van der Waals surface area contributed by atoms with Gasteiger partial charge < -0.3 is 0 Å². The van der Waals surface area contributed by atoms with E-state index in [0.717, 1.165) is 17.8 Å². The third-order valence-corrected chi connectivity index (χ3v) is 6.25. The van der Waals surface area contributed by atoms with E-state index in [0.29, 0.717) is 0 Å². The molecular formula is C21H32. The summed E-state index contributed by atoms with van der Waals surface area (Å²) >= 11 is 0. The Labute approximate surface area is 131 Å². The zero-order valence-electron chi connectivity index (χ0n) is 14.0. The zero-order valence-corrected chi connectivity index (χ0v) is 14.0. The van der Waals surface area contributed by atoms with Gasteiger partial charge in [0.2, 0.25) is 0 Å². The van der Waals surface area contributed by atoms with Gasteiger partial charge in [-0.05, 0) is 73.0 Å². The highest BCUT2D eigenvalue weighted by atomic mass is 14.3. The first-order valence-corrected chi connectivity index (χ1v) is 9.39. The lowest BCUT2D eigenvalue weighted by Gasteiger charge is -2.28. The molecule has 3 rings (SSSR count). The number of aryl methyl sites for hydroxylation is 1. The number of hydrogen-bond acceptors (Lipinski definition) is 0. The Morgan fingerprint density at radius 2 is 1.52 bits per heavy atom. The lowest BCUT2D eigenvalue weighted by molar-refractivity contribution is 0.268. The van der Waals surface area contributed by atoms with E-state index in [1.54, 1.807) is 16.7 Å². The SMILES string of the molecule is CCC1CCC(Cc2ccc3c(c2)CCC(CC)C3)CC1. The van der Waals surface area contributed by atoms with Gasteiger partial charge in [-0.25, -0.2) is 0 Å². The molecule has 1 saturated carbocycles. The third-order valence-electron chi connectivity index (χ3n) is 6.25. The first kappa shape index (κ1) is 15.1. The van der Waals surface area contributed by atoms with Crippen molar-refractivity contribution in [2.24, 2.45) is 17.8 Å². The van der Waals surface area contributed by atoms with Crippen LogP contribution in [0.2, 0.25) is 0 Å². The van der Waals surface area contributed by atoms with Crippen LogP contribution in [0.1, 0.15) is 75.5 Å². The summed E-state index contributed by atoms with van der Waals surface area (Å²) in [4.78, 5) is 0. The summed E-state index contributed by atoms with van der Waals surface area (Å²) in [7, 11) is 0. The molecule has 1 aromatic rings. The predicted molar refractivity (Wildman–Crippen MR) is 91.7 cm³/mol. The van der Waals surface area contributed by atoms with Gasteiger partial charge in [0.1, 0.15) is 0 Å². The Bertz CT molecular complexity index is 451. The van der Waals surface area contributed by atoms with Crippen molar-refractivity contribution in [3.05, 3.63) is 34.9 Å². The second-order valence-electron chi connectivity index (χ2n) is 7.62. The summed E-state index contributed by atoms with van der Waals surface area (Å²) in [6.45, 7) is 4.70. The molecule has 0 radical (unpaired) electrons. The first-order chi connectivity index (χ1) is 10.3. The highest BCUT2D eigenvalue weighted by Crippen LogP contribution is 2.34. The summed E-state index contributed by atoms with van der Waals surface area (Å²) in [6.07, 6.45) is 14.0. The lowest BCUT2D eigenvalue weighted by atomic mass is 9.77. The maximum atomic E-state index is 2.55. The second kappa shape index (κ2) is 6.99. The van der Waals surface area contributed by atoms with Gasteiger partial charge in [0.25, 0.3) is 0 Å². The number of benzene rings is 1. The third kappa shape index (κ3) is 3.71. The molecule has 0 bridgehead atoms. The van der Waals surface area contributed by atoms with Gasteiger partial charge in [-0.3, -0.25) is 0 Å². The van der Waals surface area contributed by atoms with Crippen molar-refractivity contribution in [3.8, 4) is 0 Å². The summed E-state index contributed by atoms with van der Waals surface area (Å²) in [5, 5.41) is 0. The lowest BCUT2D eigenvalue weighted by Crippen LogP contribution is -2.17. The molecule has 0 aromatic heterocycles. The number of hydrogen-bond donors (Lipinski definition) is 0. The largest absolute Gasteiger partial charge is 0.0651 e. The van der Waals surface area contributed by atoms with Crippen LogP contribution in [0.5, 0.6) is 0 Å². The molecule has 0 N–H and O–H groups in total. The Kier molecular flexibility index (Phi) is 5.03. The molecule has 2 aliphatic rings. The van der Waals surface area contributed by atoms with Crippen LogP contribution in [0.15, 0.2) is 18.2 Å². The van der Waals surface area contributed by atoms with Crippen LogP contribution in [0.25, 0.3) is 0 Å². The minimum absolute atomic E-state index is 0.938. The fourth-order valence-corrected chi connectivity index (χ4v) is 4.54. The van der Waals surface area contributed by atoms with Crippen LogP contribution < -0.4 is 0 Å². The summed E-state index contributed by atoms with van der Waals surface area (Å²) < 4.78 is 0. The van der Waals surface area contributed by atoms with Gasteiger partial charge in [0.15, 0.2) is 0 Å². The van der Waals surface area contributed by atoms with Crippen LogP contribution in [0, 0.1) is 17.8 Å². The highest BCUT2D eigenvalue weighted by Gasteiger charge is 2.21. The molecule has 1 aromatic carbocycles. The minimum Gasteiger partial charge on any atom is -0.0651 e. The van der Waals surface area contributed by atoms with E-state index in [9.17, 15) is 0 Å². The molecule has 0 spiro atoms. The van der Waals surface area contributed by atoms with Gasteiger partial charge in [0, 0.05) is 0 Å². The van der Waals surface area contributed by atoms with Gasteiger partial charge in [-0.15, -0.1) is 0 Å². The number of rotatable bonds is 4. The van der Waals surface area contributed by atoms with Gasteiger partial charge in [0.05, 0.1) is 0 Å². The minimum atomic E-state index is 0.938. The van der Waals surface area contributed by atoms with Gasteiger partial charge in [-0.2, -0.15) is 0 Å². The van der Waals surface area contributed by atoms with Crippen molar-refractivity contribution in [1.82, 2.24) is 0 Å². The fourth-order valence-electron chi connectivity index (χ4n) is 4.54.